The predicted octanol–water partition coefficient (Wildman–Crippen LogP) is 3.35. The van der Waals surface area contributed by atoms with Gasteiger partial charge >= 0.3 is 0 Å². The molecule has 0 aliphatic carbocycles. The number of hydrogen-bond donors (Lipinski definition) is 2. The average Bonchev–Trinajstić information content (AvgIpc) is 2.55. The fourth-order valence-electron chi connectivity index (χ4n) is 2.19. The van der Waals surface area contributed by atoms with E-state index in [2.05, 4.69) is 5.32 Å². The second-order valence-corrected chi connectivity index (χ2v) is 4.89. The average molecular weight is 313 g/mol. The smallest absolute Gasteiger partial charge is 0.293 e. The van der Waals surface area contributed by atoms with Crippen molar-refractivity contribution in [1.29, 1.82) is 5.26 Å². The van der Waals surface area contributed by atoms with Crippen LogP contribution in [0.2, 0.25) is 0 Å². The Labute approximate surface area is 132 Å². The van der Waals surface area contributed by atoms with Crippen LogP contribution in [0.1, 0.15) is 24.1 Å². The van der Waals surface area contributed by atoms with Crippen LogP contribution in [0, 0.1) is 21.4 Å². The van der Waals surface area contributed by atoms with Gasteiger partial charge in [0.1, 0.15) is 17.2 Å². The fourth-order valence-corrected chi connectivity index (χ4v) is 2.19. The molecule has 0 saturated carbocycles. The Bertz CT molecular complexity index is 783. The summed E-state index contributed by atoms with van der Waals surface area (Å²) >= 11 is 0. The topological polar surface area (TPSA) is 108 Å². The third kappa shape index (κ3) is 3.49. The van der Waals surface area contributed by atoms with Gasteiger partial charge < -0.3 is 15.2 Å². The first-order valence-corrected chi connectivity index (χ1v) is 6.78. The number of nitro benzene ring substituents is 1. The third-order valence-corrected chi connectivity index (χ3v) is 3.40. The molecule has 0 radical (unpaired) electrons. The van der Waals surface area contributed by atoms with Crippen molar-refractivity contribution < 1.29 is 14.8 Å². The maximum Gasteiger partial charge on any atom is 0.293 e. The molecule has 7 nitrogen and oxygen atoms in total. The van der Waals surface area contributed by atoms with E-state index in [1.165, 1.54) is 31.4 Å². The summed E-state index contributed by atoms with van der Waals surface area (Å²) in [5, 5.41) is 33.0. The van der Waals surface area contributed by atoms with Gasteiger partial charge in [0.2, 0.25) is 0 Å². The van der Waals surface area contributed by atoms with Gasteiger partial charge in [0.05, 0.1) is 29.7 Å². The highest BCUT2D eigenvalue weighted by atomic mass is 16.6. The number of anilines is 1. The third-order valence-electron chi connectivity index (χ3n) is 3.40. The molecule has 23 heavy (non-hydrogen) atoms. The van der Waals surface area contributed by atoms with Gasteiger partial charge in [-0.05, 0) is 37.3 Å². The first-order chi connectivity index (χ1) is 11.0. The van der Waals surface area contributed by atoms with Crippen LogP contribution in [0.25, 0.3) is 0 Å². The number of nitro groups is 1. The van der Waals surface area contributed by atoms with Gasteiger partial charge in [-0.1, -0.05) is 0 Å². The molecule has 0 aromatic heterocycles. The minimum absolute atomic E-state index is 0.0575. The predicted molar refractivity (Wildman–Crippen MR) is 84.5 cm³/mol. The van der Waals surface area contributed by atoms with Gasteiger partial charge in [0.25, 0.3) is 5.69 Å². The molecule has 0 saturated heterocycles. The van der Waals surface area contributed by atoms with Gasteiger partial charge in [-0.2, -0.15) is 5.26 Å². The Morgan fingerprint density at radius 3 is 2.70 bits per heavy atom. The van der Waals surface area contributed by atoms with E-state index in [1.807, 2.05) is 6.07 Å². The summed E-state index contributed by atoms with van der Waals surface area (Å²) in [6.45, 7) is 1.76. The van der Waals surface area contributed by atoms with E-state index in [-0.39, 0.29) is 22.7 Å². The molecule has 0 heterocycles. The molecule has 7 heteroatoms. The second-order valence-electron chi connectivity index (χ2n) is 4.89. The van der Waals surface area contributed by atoms with Crippen molar-refractivity contribution in [2.75, 3.05) is 12.4 Å². The summed E-state index contributed by atoms with van der Waals surface area (Å²) < 4.78 is 5.12. The van der Waals surface area contributed by atoms with E-state index in [1.54, 1.807) is 19.1 Å². The number of hydrogen-bond acceptors (Lipinski definition) is 6. The number of ether oxygens (including phenoxy) is 1. The molecular weight excluding hydrogens is 298 g/mol. The Kier molecular flexibility index (Phi) is 4.66. The maximum absolute atomic E-state index is 11.2. The lowest BCUT2D eigenvalue weighted by atomic mass is 10.1. The molecule has 2 rings (SSSR count). The number of phenolic OH excluding ortho intramolecular Hbond substituents is 1. The van der Waals surface area contributed by atoms with E-state index in [4.69, 9.17) is 10.00 Å². The van der Waals surface area contributed by atoms with Gasteiger partial charge in [0, 0.05) is 11.6 Å². The molecule has 0 aliphatic rings. The number of nitriles is 1. The molecule has 0 aliphatic heterocycles. The summed E-state index contributed by atoms with van der Waals surface area (Å²) in [4.78, 5) is 10.6. The van der Waals surface area contributed by atoms with Crippen molar-refractivity contribution in [2.24, 2.45) is 0 Å². The molecule has 0 amide bonds. The normalized spacial score (nSPS) is 11.3. The Morgan fingerprint density at radius 1 is 1.35 bits per heavy atom. The highest BCUT2D eigenvalue weighted by Crippen LogP contribution is 2.33. The zero-order valence-electron chi connectivity index (χ0n) is 12.6. The number of aromatic hydroxyl groups is 1. The minimum Gasteiger partial charge on any atom is -0.508 e. The Hall–Kier alpha value is -3.27. The minimum atomic E-state index is -0.554. The summed E-state index contributed by atoms with van der Waals surface area (Å²) in [5.74, 6) is 0.628. The molecular formula is C16H15N3O4. The molecule has 1 unspecified atom stereocenters. The second kappa shape index (κ2) is 6.66. The number of nitrogens with one attached hydrogen (secondary N) is 1. The van der Waals surface area contributed by atoms with Crippen molar-refractivity contribution >= 4 is 11.4 Å². The number of methoxy groups -OCH3 is 1. The van der Waals surface area contributed by atoms with E-state index in [0.29, 0.717) is 11.3 Å². The summed E-state index contributed by atoms with van der Waals surface area (Å²) in [7, 11) is 1.51. The molecule has 2 aromatic rings. The van der Waals surface area contributed by atoms with Crippen LogP contribution >= 0.6 is 0 Å². The highest BCUT2D eigenvalue weighted by molar-refractivity contribution is 5.65. The summed E-state index contributed by atoms with van der Waals surface area (Å²) in [5.41, 5.74) is 0.823. The number of benzene rings is 2. The van der Waals surface area contributed by atoms with Gasteiger partial charge in [-0.3, -0.25) is 10.1 Å². The summed E-state index contributed by atoms with van der Waals surface area (Å²) in [6.07, 6.45) is 0. The lowest BCUT2D eigenvalue weighted by Gasteiger charge is -2.17. The fraction of sp³-hybridized carbons (Fsp3) is 0.188. The maximum atomic E-state index is 11.2. The number of rotatable bonds is 5. The van der Waals surface area contributed by atoms with Crippen LogP contribution in [0.15, 0.2) is 36.4 Å². The first kappa shape index (κ1) is 16.1. The largest absolute Gasteiger partial charge is 0.508 e. The lowest BCUT2D eigenvalue weighted by Crippen LogP contribution is -2.09. The van der Waals surface area contributed by atoms with Crippen molar-refractivity contribution in [3.05, 3.63) is 57.6 Å². The first-order valence-electron chi connectivity index (χ1n) is 6.78. The zero-order chi connectivity index (χ0) is 17.0. The van der Waals surface area contributed by atoms with Gasteiger partial charge in [-0.25, -0.2) is 0 Å². The zero-order valence-corrected chi connectivity index (χ0v) is 12.6. The van der Waals surface area contributed by atoms with Crippen molar-refractivity contribution in [1.82, 2.24) is 0 Å². The monoisotopic (exact) mass is 313 g/mol. The van der Waals surface area contributed by atoms with E-state index in [0.717, 1.165) is 0 Å². The van der Waals surface area contributed by atoms with Crippen LogP contribution in [0.4, 0.5) is 11.4 Å². The van der Waals surface area contributed by atoms with E-state index in [9.17, 15) is 15.2 Å². The molecule has 2 N–H and O–H groups in total. The van der Waals surface area contributed by atoms with Crippen LogP contribution < -0.4 is 10.1 Å². The van der Waals surface area contributed by atoms with Crippen LogP contribution in [0.3, 0.4) is 0 Å². The van der Waals surface area contributed by atoms with E-state index >= 15 is 0 Å². The molecule has 0 bridgehead atoms. The van der Waals surface area contributed by atoms with Gasteiger partial charge in [-0.15, -0.1) is 0 Å². The van der Waals surface area contributed by atoms with Crippen molar-refractivity contribution in [3.63, 3.8) is 0 Å². The molecule has 0 spiro atoms. The molecule has 1 atom stereocenters. The van der Waals surface area contributed by atoms with E-state index < -0.39 is 11.0 Å². The Balaban J connectivity index is 2.35. The Morgan fingerprint density at radius 2 is 2.09 bits per heavy atom. The molecule has 118 valence electrons. The number of phenols is 1. The van der Waals surface area contributed by atoms with Gasteiger partial charge in [0.15, 0.2) is 0 Å². The van der Waals surface area contributed by atoms with Crippen molar-refractivity contribution in [2.45, 2.75) is 13.0 Å². The van der Waals surface area contributed by atoms with Crippen LogP contribution in [-0.4, -0.2) is 17.1 Å². The SMILES string of the molecule is COc1ccc(O)c(C(C)Nc2ccc(C#N)cc2[N+](=O)[O-])c1. The molecule has 0 fully saturated rings. The lowest BCUT2D eigenvalue weighted by molar-refractivity contribution is -0.384. The number of nitrogens with zero attached hydrogens (tertiary/aromatic N) is 2. The van der Waals surface area contributed by atoms with Crippen LogP contribution in [0.5, 0.6) is 11.5 Å². The van der Waals surface area contributed by atoms with Crippen molar-refractivity contribution in [3.8, 4) is 17.6 Å². The quantitative estimate of drug-likeness (QED) is 0.647. The highest BCUT2D eigenvalue weighted by Gasteiger charge is 2.18. The van der Waals surface area contributed by atoms with Crippen LogP contribution in [-0.2, 0) is 0 Å². The standard InChI is InChI=1S/C16H15N3O4/c1-10(13-8-12(23-2)4-6-16(13)20)18-14-5-3-11(9-17)7-15(14)19(21)22/h3-8,10,18,20H,1-2H3. The summed E-state index contributed by atoms with van der Waals surface area (Å²) in [6, 6.07) is 10.4. The molecule has 2 aromatic carbocycles.